The zero-order chi connectivity index (χ0) is 12.0. The minimum absolute atomic E-state index is 0.359. The molecule has 1 rings (SSSR count). The fourth-order valence-electron chi connectivity index (χ4n) is 1.10. The molecule has 84 valence electrons. The van der Waals surface area contributed by atoms with Gasteiger partial charge in [-0.25, -0.2) is 9.59 Å². The number of aliphatic carboxylic acids is 1. The zero-order valence-electron chi connectivity index (χ0n) is 8.51. The molecule has 0 aromatic heterocycles. The molecule has 16 heavy (non-hydrogen) atoms. The first-order valence-corrected chi connectivity index (χ1v) is 4.61. The summed E-state index contributed by atoms with van der Waals surface area (Å²) in [5.41, 5.74) is 6.60. The van der Waals surface area contributed by atoms with E-state index in [0.29, 0.717) is 6.54 Å². The number of rotatable bonds is 4. The number of hydrogen-bond acceptors (Lipinski definition) is 2. The summed E-state index contributed by atoms with van der Waals surface area (Å²) >= 11 is 0. The van der Waals surface area contributed by atoms with Gasteiger partial charge in [-0.3, -0.25) is 0 Å². The largest absolute Gasteiger partial charge is 0.478 e. The number of benzene rings is 1. The van der Waals surface area contributed by atoms with Crippen molar-refractivity contribution in [3.05, 3.63) is 41.5 Å². The fraction of sp³-hybridized carbons (Fsp3) is 0.0909. The van der Waals surface area contributed by atoms with Crippen LogP contribution in [0.5, 0.6) is 0 Å². The lowest BCUT2D eigenvalue weighted by atomic mass is 10.1. The maximum Gasteiger partial charge on any atom is 0.328 e. The Morgan fingerprint density at radius 2 is 1.94 bits per heavy atom. The number of nitrogens with two attached hydrogens (primary N) is 1. The van der Waals surface area contributed by atoms with E-state index in [2.05, 4.69) is 5.32 Å². The molecule has 0 aliphatic carbocycles. The van der Waals surface area contributed by atoms with Gasteiger partial charge in [0.05, 0.1) is 0 Å². The third kappa shape index (κ3) is 4.28. The van der Waals surface area contributed by atoms with Crippen LogP contribution < -0.4 is 11.1 Å². The predicted octanol–water partition coefficient (Wildman–Crippen LogP) is 0.953. The van der Waals surface area contributed by atoms with Crippen LogP contribution in [0.15, 0.2) is 30.3 Å². The molecular formula is C11H12N2O3. The van der Waals surface area contributed by atoms with Crippen LogP contribution in [0.25, 0.3) is 6.08 Å². The molecule has 4 N–H and O–H groups in total. The maximum absolute atomic E-state index is 10.5. The highest BCUT2D eigenvalue weighted by Gasteiger charge is 1.95. The molecule has 0 radical (unpaired) electrons. The van der Waals surface area contributed by atoms with Crippen molar-refractivity contribution >= 4 is 18.1 Å². The smallest absolute Gasteiger partial charge is 0.328 e. The maximum atomic E-state index is 10.5. The molecule has 0 saturated carbocycles. The van der Waals surface area contributed by atoms with Crippen molar-refractivity contribution in [3.8, 4) is 0 Å². The summed E-state index contributed by atoms with van der Waals surface area (Å²) in [7, 11) is 0. The number of carbonyl (C=O) groups is 2. The van der Waals surface area contributed by atoms with Gasteiger partial charge in [0.25, 0.3) is 0 Å². The molecule has 0 unspecified atom stereocenters. The van der Waals surface area contributed by atoms with Crippen LogP contribution in [0, 0.1) is 0 Å². The van der Waals surface area contributed by atoms with Gasteiger partial charge >= 0.3 is 12.0 Å². The van der Waals surface area contributed by atoms with Crippen LogP contribution in [0.3, 0.4) is 0 Å². The standard InChI is InChI=1S/C11H12N2O3/c12-11(16)13-7-9-3-1-8(2-4-9)5-6-10(14)15/h1-6H,7H2,(H,14,15)(H3,12,13,16)/b6-5+. The second-order valence-electron chi connectivity index (χ2n) is 3.13. The van der Waals surface area contributed by atoms with Gasteiger partial charge in [-0.1, -0.05) is 24.3 Å². The monoisotopic (exact) mass is 220 g/mol. The number of amides is 2. The first kappa shape index (κ1) is 11.8. The van der Waals surface area contributed by atoms with Gasteiger partial charge in [0.15, 0.2) is 0 Å². The number of urea groups is 1. The van der Waals surface area contributed by atoms with Crippen LogP contribution in [0.2, 0.25) is 0 Å². The number of hydrogen-bond donors (Lipinski definition) is 3. The highest BCUT2D eigenvalue weighted by molar-refractivity contribution is 5.85. The lowest BCUT2D eigenvalue weighted by Crippen LogP contribution is -2.28. The van der Waals surface area contributed by atoms with E-state index in [4.69, 9.17) is 10.8 Å². The van der Waals surface area contributed by atoms with Crippen LogP contribution >= 0.6 is 0 Å². The van der Waals surface area contributed by atoms with E-state index in [9.17, 15) is 9.59 Å². The molecule has 1 aromatic rings. The Morgan fingerprint density at radius 3 is 2.44 bits per heavy atom. The second-order valence-corrected chi connectivity index (χ2v) is 3.13. The normalized spacial score (nSPS) is 10.2. The van der Waals surface area contributed by atoms with E-state index in [-0.39, 0.29) is 0 Å². The van der Waals surface area contributed by atoms with Crippen molar-refractivity contribution in [1.29, 1.82) is 0 Å². The molecule has 0 aliphatic heterocycles. The molecule has 0 fully saturated rings. The van der Waals surface area contributed by atoms with Crippen molar-refractivity contribution in [3.63, 3.8) is 0 Å². The number of nitrogens with one attached hydrogen (secondary N) is 1. The number of carboxylic acid groups (broad SMARTS) is 1. The van der Waals surface area contributed by atoms with E-state index < -0.39 is 12.0 Å². The van der Waals surface area contributed by atoms with Crippen molar-refractivity contribution < 1.29 is 14.7 Å². The van der Waals surface area contributed by atoms with Gasteiger partial charge < -0.3 is 16.2 Å². The second kappa shape index (κ2) is 5.55. The Hall–Kier alpha value is -2.30. The Balaban J connectivity index is 2.60. The van der Waals surface area contributed by atoms with Crippen molar-refractivity contribution in [2.75, 3.05) is 0 Å². The molecule has 0 aliphatic rings. The summed E-state index contributed by atoms with van der Waals surface area (Å²) in [6.07, 6.45) is 2.56. The van der Waals surface area contributed by atoms with E-state index in [1.807, 2.05) is 0 Å². The molecular weight excluding hydrogens is 208 g/mol. The van der Waals surface area contributed by atoms with E-state index in [1.54, 1.807) is 24.3 Å². The molecule has 0 heterocycles. The van der Waals surface area contributed by atoms with Gasteiger partial charge in [-0.2, -0.15) is 0 Å². The molecule has 1 aromatic carbocycles. The fourth-order valence-corrected chi connectivity index (χ4v) is 1.10. The first-order valence-electron chi connectivity index (χ1n) is 4.61. The summed E-state index contributed by atoms with van der Waals surface area (Å²) < 4.78 is 0. The van der Waals surface area contributed by atoms with E-state index >= 15 is 0 Å². The average molecular weight is 220 g/mol. The SMILES string of the molecule is NC(=O)NCc1ccc(/C=C/C(=O)O)cc1. The molecule has 5 nitrogen and oxygen atoms in total. The van der Waals surface area contributed by atoms with Gasteiger partial charge in [-0.15, -0.1) is 0 Å². The number of primary amides is 1. The summed E-state index contributed by atoms with van der Waals surface area (Å²) in [5.74, 6) is -0.987. The minimum Gasteiger partial charge on any atom is -0.478 e. The van der Waals surface area contributed by atoms with Gasteiger partial charge in [0, 0.05) is 12.6 Å². The predicted molar refractivity (Wildman–Crippen MR) is 59.5 cm³/mol. The van der Waals surface area contributed by atoms with Crippen LogP contribution in [-0.4, -0.2) is 17.1 Å². The average Bonchev–Trinajstić information content (AvgIpc) is 2.25. The Kier molecular flexibility index (Phi) is 4.08. The van der Waals surface area contributed by atoms with Gasteiger partial charge in [0.1, 0.15) is 0 Å². The van der Waals surface area contributed by atoms with E-state index in [1.165, 1.54) is 6.08 Å². The Morgan fingerprint density at radius 1 is 1.31 bits per heavy atom. The molecule has 0 spiro atoms. The Bertz CT molecular complexity index is 410. The number of carbonyl (C=O) groups excluding carboxylic acids is 1. The highest BCUT2D eigenvalue weighted by atomic mass is 16.4. The molecule has 0 saturated heterocycles. The summed E-state index contributed by atoms with van der Waals surface area (Å²) in [6, 6.07) is 6.53. The molecule has 0 bridgehead atoms. The summed E-state index contributed by atoms with van der Waals surface area (Å²) in [5, 5.41) is 10.9. The van der Waals surface area contributed by atoms with Crippen molar-refractivity contribution in [1.82, 2.24) is 5.32 Å². The van der Waals surface area contributed by atoms with Crippen molar-refractivity contribution in [2.24, 2.45) is 5.73 Å². The first-order chi connectivity index (χ1) is 7.58. The van der Waals surface area contributed by atoms with Crippen LogP contribution in [0.4, 0.5) is 4.79 Å². The zero-order valence-corrected chi connectivity index (χ0v) is 8.51. The Labute approximate surface area is 92.6 Å². The summed E-state index contributed by atoms with van der Waals surface area (Å²) in [6.45, 7) is 0.359. The van der Waals surface area contributed by atoms with Crippen LogP contribution in [0.1, 0.15) is 11.1 Å². The quantitative estimate of drug-likeness (QED) is 0.659. The van der Waals surface area contributed by atoms with Crippen molar-refractivity contribution in [2.45, 2.75) is 6.54 Å². The minimum atomic E-state index is -0.987. The third-order valence-electron chi connectivity index (χ3n) is 1.86. The van der Waals surface area contributed by atoms with Gasteiger partial charge in [-0.05, 0) is 17.2 Å². The van der Waals surface area contributed by atoms with Gasteiger partial charge in [0.2, 0.25) is 0 Å². The topological polar surface area (TPSA) is 92.4 Å². The van der Waals surface area contributed by atoms with E-state index in [0.717, 1.165) is 17.2 Å². The number of carboxylic acids is 1. The lowest BCUT2D eigenvalue weighted by Gasteiger charge is -2.02. The molecule has 2 amide bonds. The third-order valence-corrected chi connectivity index (χ3v) is 1.86. The molecule has 0 atom stereocenters. The van der Waals surface area contributed by atoms with Crippen LogP contribution in [-0.2, 0) is 11.3 Å². The lowest BCUT2D eigenvalue weighted by molar-refractivity contribution is -0.131. The highest BCUT2D eigenvalue weighted by Crippen LogP contribution is 2.05. The summed E-state index contributed by atoms with van der Waals surface area (Å²) in [4.78, 5) is 20.7. The molecule has 5 heteroatoms.